The lowest BCUT2D eigenvalue weighted by molar-refractivity contribution is 0.0697. The molecule has 16 heavy (non-hydrogen) atoms. The Morgan fingerprint density at radius 1 is 1.31 bits per heavy atom. The molecule has 0 spiro atoms. The first-order valence-electron chi connectivity index (χ1n) is 5.89. The molecule has 1 saturated carbocycles. The molecule has 0 aromatic heterocycles. The molecular formula is C13H15NO2. The first kappa shape index (κ1) is 9.70. The molecule has 1 aromatic rings. The molecule has 0 bridgehead atoms. The van der Waals surface area contributed by atoms with Crippen LogP contribution in [-0.2, 0) is 0 Å². The fourth-order valence-electron chi connectivity index (χ4n) is 3.01. The summed E-state index contributed by atoms with van der Waals surface area (Å²) >= 11 is 0. The van der Waals surface area contributed by atoms with Crippen molar-refractivity contribution in [2.45, 2.75) is 37.6 Å². The van der Waals surface area contributed by atoms with Gasteiger partial charge in [0.15, 0.2) is 0 Å². The largest absolute Gasteiger partial charge is 0.478 e. The van der Waals surface area contributed by atoms with Crippen LogP contribution in [0.1, 0.15) is 47.5 Å². The van der Waals surface area contributed by atoms with Crippen molar-refractivity contribution in [1.29, 1.82) is 0 Å². The Balaban J connectivity index is 1.98. The van der Waals surface area contributed by atoms with Crippen LogP contribution in [0.4, 0.5) is 5.69 Å². The summed E-state index contributed by atoms with van der Waals surface area (Å²) in [6.07, 6.45) is 5.02. The van der Waals surface area contributed by atoms with Gasteiger partial charge in [0.25, 0.3) is 0 Å². The van der Waals surface area contributed by atoms with Crippen LogP contribution in [0.25, 0.3) is 0 Å². The fourth-order valence-corrected chi connectivity index (χ4v) is 3.01. The molecule has 1 heterocycles. The monoisotopic (exact) mass is 217 g/mol. The lowest BCUT2D eigenvalue weighted by Crippen LogP contribution is -2.23. The summed E-state index contributed by atoms with van der Waals surface area (Å²) in [5.74, 6) is -0.244. The highest BCUT2D eigenvalue weighted by molar-refractivity contribution is 5.89. The van der Waals surface area contributed by atoms with Gasteiger partial charge in [-0.25, -0.2) is 4.79 Å². The van der Waals surface area contributed by atoms with Crippen LogP contribution in [0.2, 0.25) is 0 Å². The average molecular weight is 217 g/mol. The van der Waals surface area contributed by atoms with E-state index in [-0.39, 0.29) is 0 Å². The van der Waals surface area contributed by atoms with E-state index in [9.17, 15) is 4.79 Å². The molecule has 2 aliphatic rings. The summed E-state index contributed by atoms with van der Waals surface area (Å²) in [7, 11) is 0. The second-order valence-corrected chi connectivity index (χ2v) is 4.75. The molecule has 3 nitrogen and oxygen atoms in total. The molecular weight excluding hydrogens is 202 g/mol. The van der Waals surface area contributed by atoms with Gasteiger partial charge in [0.05, 0.1) is 5.56 Å². The number of benzene rings is 1. The second kappa shape index (κ2) is 3.51. The van der Waals surface area contributed by atoms with Crippen LogP contribution in [0.3, 0.4) is 0 Å². The third-order valence-electron chi connectivity index (χ3n) is 3.81. The Bertz CT molecular complexity index is 442. The zero-order valence-corrected chi connectivity index (χ0v) is 9.07. The van der Waals surface area contributed by atoms with E-state index in [2.05, 4.69) is 5.32 Å². The number of anilines is 1. The SMILES string of the molecule is O=C(O)c1ccc2c(c1)NC1CCCCC21. The fraction of sp³-hybridized carbons (Fsp3) is 0.462. The van der Waals surface area contributed by atoms with Gasteiger partial charge in [-0.15, -0.1) is 0 Å². The van der Waals surface area contributed by atoms with Gasteiger partial charge in [0, 0.05) is 17.6 Å². The number of hydrogen-bond acceptors (Lipinski definition) is 2. The summed E-state index contributed by atoms with van der Waals surface area (Å²) in [5, 5.41) is 12.4. The highest BCUT2D eigenvalue weighted by atomic mass is 16.4. The van der Waals surface area contributed by atoms with Crippen LogP contribution in [-0.4, -0.2) is 17.1 Å². The van der Waals surface area contributed by atoms with Crippen molar-refractivity contribution in [2.75, 3.05) is 5.32 Å². The van der Waals surface area contributed by atoms with Gasteiger partial charge in [0.2, 0.25) is 0 Å². The molecule has 1 aliphatic carbocycles. The molecule has 2 unspecified atom stereocenters. The number of nitrogens with one attached hydrogen (secondary N) is 1. The van der Waals surface area contributed by atoms with Crippen molar-refractivity contribution in [1.82, 2.24) is 0 Å². The Kier molecular flexibility index (Phi) is 2.13. The van der Waals surface area contributed by atoms with E-state index in [0.29, 0.717) is 17.5 Å². The van der Waals surface area contributed by atoms with E-state index in [1.807, 2.05) is 6.07 Å². The van der Waals surface area contributed by atoms with E-state index >= 15 is 0 Å². The zero-order valence-electron chi connectivity index (χ0n) is 9.07. The lowest BCUT2D eigenvalue weighted by atomic mass is 9.82. The van der Waals surface area contributed by atoms with Crippen LogP contribution in [0, 0.1) is 0 Å². The molecule has 1 fully saturated rings. The summed E-state index contributed by atoms with van der Waals surface area (Å²) < 4.78 is 0. The molecule has 0 amide bonds. The maximum atomic E-state index is 10.9. The van der Waals surface area contributed by atoms with Crippen molar-refractivity contribution < 1.29 is 9.90 Å². The smallest absolute Gasteiger partial charge is 0.335 e. The minimum atomic E-state index is -0.848. The molecule has 1 aliphatic heterocycles. The molecule has 3 heteroatoms. The Morgan fingerprint density at radius 3 is 2.94 bits per heavy atom. The first-order valence-corrected chi connectivity index (χ1v) is 5.89. The van der Waals surface area contributed by atoms with Gasteiger partial charge in [-0.1, -0.05) is 18.9 Å². The van der Waals surface area contributed by atoms with E-state index in [0.717, 1.165) is 5.69 Å². The van der Waals surface area contributed by atoms with Crippen LogP contribution in [0.5, 0.6) is 0 Å². The number of hydrogen-bond donors (Lipinski definition) is 2. The first-order chi connectivity index (χ1) is 7.75. The van der Waals surface area contributed by atoms with Gasteiger partial charge in [0.1, 0.15) is 0 Å². The van der Waals surface area contributed by atoms with Crippen molar-refractivity contribution in [3.8, 4) is 0 Å². The quantitative estimate of drug-likeness (QED) is 0.760. The van der Waals surface area contributed by atoms with Gasteiger partial charge in [-0.2, -0.15) is 0 Å². The molecule has 0 saturated heterocycles. The maximum Gasteiger partial charge on any atom is 0.335 e. The summed E-state index contributed by atoms with van der Waals surface area (Å²) in [6, 6.07) is 6.02. The minimum Gasteiger partial charge on any atom is -0.478 e. The zero-order chi connectivity index (χ0) is 11.1. The molecule has 1 aromatic carbocycles. The van der Waals surface area contributed by atoms with E-state index in [1.165, 1.54) is 31.2 Å². The van der Waals surface area contributed by atoms with Crippen LogP contribution < -0.4 is 5.32 Å². The second-order valence-electron chi connectivity index (χ2n) is 4.75. The average Bonchev–Trinajstić information content (AvgIpc) is 2.66. The predicted octanol–water partition coefficient (Wildman–Crippen LogP) is 2.84. The van der Waals surface area contributed by atoms with E-state index < -0.39 is 5.97 Å². The van der Waals surface area contributed by atoms with Crippen molar-refractivity contribution in [3.63, 3.8) is 0 Å². The van der Waals surface area contributed by atoms with Crippen LogP contribution >= 0.6 is 0 Å². The predicted molar refractivity (Wildman–Crippen MR) is 62.0 cm³/mol. The number of carboxylic acid groups (broad SMARTS) is 1. The Hall–Kier alpha value is -1.51. The molecule has 84 valence electrons. The number of rotatable bonds is 1. The standard InChI is InChI=1S/C13H15NO2/c15-13(16)8-5-6-10-9-3-1-2-4-11(9)14-12(10)7-8/h5-7,9,11,14H,1-4H2,(H,15,16). The summed E-state index contributed by atoms with van der Waals surface area (Å²) in [4.78, 5) is 10.9. The molecule has 0 radical (unpaired) electrons. The minimum absolute atomic E-state index is 0.380. The Morgan fingerprint density at radius 2 is 2.12 bits per heavy atom. The Labute approximate surface area is 94.5 Å². The highest BCUT2D eigenvalue weighted by Gasteiger charge is 2.33. The topological polar surface area (TPSA) is 49.3 Å². The van der Waals surface area contributed by atoms with E-state index in [4.69, 9.17) is 5.11 Å². The number of carboxylic acids is 1. The third kappa shape index (κ3) is 1.39. The van der Waals surface area contributed by atoms with Gasteiger partial charge >= 0.3 is 5.97 Å². The summed E-state index contributed by atoms with van der Waals surface area (Å²) in [5.41, 5.74) is 2.73. The third-order valence-corrected chi connectivity index (χ3v) is 3.81. The molecule has 2 N–H and O–H groups in total. The van der Waals surface area contributed by atoms with Crippen LogP contribution in [0.15, 0.2) is 18.2 Å². The van der Waals surface area contributed by atoms with Gasteiger partial charge in [-0.05, 0) is 30.5 Å². The molecule has 2 atom stereocenters. The van der Waals surface area contributed by atoms with Crippen molar-refractivity contribution in [3.05, 3.63) is 29.3 Å². The molecule has 3 rings (SSSR count). The maximum absolute atomic E-state index is 10.9. The summed E-state index contributed by atoms with van der Waals surface area (Å²) in [6.45, 7) is 0. The van der Waals surface area contributed by atoms with Gasteiger partial charge < -0.3 is 10.4 Å². The highest BCUT2D eigenvalue weighted by Crippen LogP contribution is 2.43. The normalized spacial score (nSPS) is 26.8. The lowest BCUT2D eigenvalue weighted by Gasteiger charge is -2.25. The van der Waals surface area contributed by atoms with Gasteiger partial charge in [-0.3, -0.25) is 0 Å². The number of carbonyl (C=O) groups is 1. The number of fused-ring (bicyclic) bond motifs is 3. The van der Waals surface area contributed by atoms with Crippen molar-refractivity contribution in [2.24, 2.45) is 0 Å². The number of aromatic carboxylic acids is 1. The van der Waals surface area contributed by atoms with E-state index in [1.54, 1.807) is 12.1 Å². The van der Waals surface area contributed by atoms with Crippen molar-refractivity contribution >= 4 is 11.7 Å².